The second kappa shape index (κ2) is 2.80. The summed E-state index contributed by atoms with van der Waals surface area (Å²) >= 11 is 0. The highest BCUT2D eigenvalue weighted by Crippen LogP contribution is 2.49. The van der Waals surface area contributed by atoms with E-state index in [1.165, 1.54) is 6.42 Å². The lowest BCUT2D eigenvalue weighted by molar-refractivity contribution is 0.170. The Morgan fingerprint density at radius 1 is 0.909 bits per heavy atom. The third kappa shape index (κ3) is 1.21. The summed E-state index contributed by atoms with van der Waals surface area (Å²) in [5.41, 5.74) is 0. The normalized spacial score (nSPS) is 43.4. The fraction of sp³-hybridized carbons (Fsp3) is 1.00. The van der Waals surface area contributed by atoms with Crippen LogP contribution in [0, 0.1) is 23.7 Å². The molecule has 0 nitrogen and oxygen atoms in total. The Balaban J connectivity index is 2.09. The fourth-order valence-corrected chi connectivity index (χ4v) is 3.60. The van der Waals surface area contributed by atoms with E-state index in [1.54, 1.807) is 25.7 Å². The third-order valence-corrected chi connectivity index (χ3v) is 3.92. The summed E-state index contributed by atoms with van der Waals surface area (Å²) in [6, 6.07) is 0. The zero-order chi connectivity index (χ0) is 7.84. The predicted molar refractivity (Wildman–Crippen MR) is 48.4 cm³/mol. The first kappa shape index (κ1) is 7.64. The van der Waals surface area contributed by atoms with Crippen LogP contribution in [0.15, 0.2) is 0 Å². The van der Waals surface area contributed by atoms with Gasteiger partial charge in [-0.25, -0.2) is 0 Å². The van der Waals surface area contributed by atoms with E-state index in [4.69, 9.17) is 0 Å². The van der Waals surface area contributed by atoms with Gasteiger partial charge in [0, 0.05) is 0 Å². The summed E-state index contributed by atoms with van der Waals surface area (Å²) < 4.78 is 0. The number of hydrogen-bond acceptors (Lipinski definition) is 0. The lowest BCUT2D eigenvalue weighted by atomic mass is 9.73. The van der Waals surface area contributed by atoms with Gasteiger partial charge in [0.15, 0.2) is 0 Å². The van der Waals surface area contributed by atoms with Crippen LogP contribution in [0.4, 0.5) is 0 Å². The van der Waals surface area contributed by atoms with Gasteiger partial charge in [-0.15, -0.1) is 0 Å². The molecule has 0 radical (unpaired) electrons. The van der Waals surface area contributed by atoms with Crippen molar-refractivity contribution in [1.82, 2.24) is 0 Å². The summed E-state index contributed by atoms with van der Waals surface area (Å²) in [5.74, 6) is 4.29. The average Bonchev–Trinajstić information content (AvgIpc) is 2.23. The molecule has 0 aromatic heterocycles. The predicted octanol–water partition coefficient (Wildman–Crippen LogP) is 3.47. The molecular formula is C11H20. The van der Waals surface area contributed by atoms with Gasteiger partial charge in [0.2, 0.25) is 0 Å². The van der Waals surface area contributed by atoms with Gasteiger partial charge in [0.25, 0.3) is 0 Å². The maximum atomic E-state index is 2.42. The molecule has 0 aromatic carbocycles. The molecule has 2 unspecified atom stereocenters. The molecule has 0 heterocycles. The van der Waals surface area contributed by atoms with Crippen LogP contribution < -0.4 is 0 Å². The van der Waals surface area contributed by atoms with Crippen LogP contribution in [0.3, 0.4) is 0 Å². The summed E-state index contributed by atoms with van der Waals surface area (Å²) in [7, 11) is 0. The highest BCUT2D eigenvalue weighted by molar-refractivity contribution is 4.90. The first-order valence-electron chi connectivity index (χ1n) is 5.29. The van der Waals surface area contributed by atoms with Gasteiger partial charge in [-0.1, -0.05) is 33.1 Å². The van der Waals surface area contributed by atoms with E-state index in [0.717, 1.165) is 23.7 Å². The SMILES string of the molecule is CC(C)C1C2CCCC1CC2. The van der Waals surface area contributed by atoms with Crippen LogP contribution in [0.5, 0.6) is 0 Å². The van der Waals surface area contributed by atoms with Crippen molar-refractivity contribution in [2.24, 2.45) is 23.7 Å². The Kier molecular flexibility index (Phi) is 1.95. The standard InChI is InChI=1S/C11H20/c1-8(2)11-9-4-3-5-10(11)7-6-9/h8-11H,3-7H2,1-2H3. The van der Waals surface area contributed by atoms with Crippen LogP contribution in [0.2, 0.25) is 0 Å². The van der Waals surface area contributed by atoms with Crippen LogP contribution in [0.1, 0.15) is 46.0 Å². The van der Waals surface area contributed by atoms with Crippen molar-refractivity contribution < 1.29 is 0 Å². The topological polar surface area (TPSA) is 0 Å². The molecule has 0 aliphatic heterocycles. The Morgan fingerprint density at radius 3 is 1.82 bits per heavy atom. The number of fused-ring (bicyclic) bond motifs is 2. The second-order valence-corrected chi connectivity index (χ2v) is 4.85. The van der Waals surface area contributed by atoms with Crippen molar-refractivity contribution in [3.63, 3.8) is 0 Å². The molecule has 2 aliphatic rings. The van der Waals surface area contributed by atoms with Gasteiger partial charge in [-0.05, 0) is 36.5 Å². The second-order valence-electron chi connectivity index (χ2n) is 4.85. The molecular weight excluding hydrogens is 132 g/mol. The third-order valence-electron chi connectivity index (χ3n) is 3.92. The molecule has 0 heteroatoms. The molecule has 0 N–H and O–H groups in total. The van der Waals surface area contributed by atoms with Gasteiger partial charge < -0.3 is 0 Å². The van der Waals surface area contributed by atoms with E-state index in [1.807, 2.05) is 0 Å². The van der Waals surface area contributed by atoms with Gasteiger partial charge in [0.05, 0.1) is 0 Å². The maximum Gasteiger partial charge on any atom is -0.0334 e. The molecule has 0 spiro atoms. The fourth-order valence-electron chi connectivity index (χ4n) is 3.60. The Hall–Kier alpha value is 0. The van der Waals surface area contributed by atoms with Crippen molar-refractivity contribution >= 4 is 0 Å². The van der Waals surface area contributed by atoms with Gasteiger partial charge in [0.1, 0.15) is 0 Å². The van der Waals surface area contributed by atoms with E-state index >= 15 is 0 Å². The van der Waals surface area contributed by atoms with Gasteiger partial charge in [-0.2, -0.15) is 0 Å². The largest absolute Gasteiger partial charge is 0.0625 e. The number of hydrogen-bond donors (Lipinski definition) is 0. The molecule has 2 atom stereocenters. The molecule has 2 bridgehead atoms. The van der Waals surface area contributed by atoms with Gasteiger partial charge in [-0.3, -0.25) is 0 Å². The Bertz CT molecular complexity index is 121. The lowest BCUT2D eigenvalue weighted by Gasteiger charge is -2.33. The molecule has 0 amide bonds. The molecule has 2 aliphatic carbocycles. The van der Waals surface area contributed by atoms with E-state index in [9.17, 15) is 0 Å². The summed E-state index contributed by atoms with van der Waals surface area (Å²) in [4.78, 5) is 0. The minimum absolute atomic E-state index is 0.952. The Labute approximate surface area is 70.4 Å². The van der Waals surface area contributed by atoms with Crippen LogP contribution >= 0.6 is 0 Å². The average molecular weight is 152 g/mol. The van der Waals surface area contributed by atoms with E-state index in [-0.39, 0.29) is 0 Å². The molecule has 0 aromatic rings. The van der Waals surface area contributed by atoms with Crippen molar-refractivity contribution in [1.29, 1.82) is 0 Å². The molecule has 64 valence electrons. The minimum Gasteiger partial charge on any atom is -0.0625 e. The lowest BCUT2D eigenvalue weighted by Crippen LogP contribution is -2.24. The van der Waals surface area contributed by atoms with Gasteiger partial charge >= 0.3 is 0 Å². The van der Waals surface area contributed by atoms with Crippen LogP contribution in [0.25, 0.3) is 0 Å². The van der Waals surface area contributed by atoms with Crippen molar-refractivity contribution in [3.8, 4) is 0 Å². The molecule has 2 saturated carbocycles. The van der Waals surface area contributed by atoms with Crippen LogP contribution in [-0.4, -0.2) is 0 Å². The van der Waals surface area contributed by atoms with E-state index in [0.29, 0.717) is 0 Å². The minimum atomic E-state index is 0.952. The van der Waals surface area contributed by atoms with Crippen LogP contribution in [-0.2, 0) is 0 Å². The molecule has 2 rings (SSSR count). The Morgan fingerprint density at radius 2 is 1.45 bits per heavy atom. The van der Waals surface area contributed by atoms with Crippen molar-refractivity contribution in [3.05, 3.63) is 0 Å². The smallest absolute Gasteiger partial charge is 0.0334 e. The zero-order valence-corrected chi connectivity index (χ0v) is 7.84. The van der Waals surface area contributed by atoms with Crippen molar-refractivity contribution in [2.75, 3.05) is 0 Å². The first-order chi connectivity index (χ1) is 5.29. The summed E-state index contributed by atoms with van der Waals surface area (Å²) in [6.45, 7) is 4.84. The van der Waals surface area contributed by atoms with Crippen molar-refractivity contribution in [2.45, 2.75) is 46.0 Å². The zero-order valence-electron chi connectivity index (χ0n) is 7.84. The van der Waals surface area contributed by atoms with E-state index in [2.05, 4.69) is 13.8 Å². The highest BCUT2D eigenvalue weighted by Gasteiger charge is 2.39. The highest BCUT2D eigenvalue weighted by atomic mass is 14.4. The molecule has 0 saturated heterocycles. The molecule has 2 fully saturated rings. The van der Waals surface area contributed by atoms with E-state index < -0.39 is 0 Å². The maximum absolute atomic E-state index is 2.42. The first-order valence-corrected chi connectivity index (χ1v) is 5.29. The summed E-state index contributed by atoms with van der Waals surface area (Å²) in [5, 5.41) is 0. The summed E-state index contributed by atoms with van der Waals surface area (Å²) in [6.07, 6.45) is 7.71. The number of rotatable bonds is 1. The monoisotopic (exact) mass is 152 g/mol. The molecule has 11 heavy (non-hydrogen) atoms. The quantitative estimate of drug-likeness (QED) is 0.539.